The molecule has 0 heterocycles. The van der Waals surface area contributed by atoms with Gasteiger partial charge in [0.05, 0.1) is 0 Å². The summed E-state index contributed by atoms with van der Waals surface area (Å²) < 4.78 is 0. The maximum Gasteiger partial charge on any atom is 0.243 e. The quantitative estimate of drug-likeness (QED) is 0.288. The summed E-state index contributed by atoms with van der Waals surface area (Å²) in [6.07, 6.45) is 5.26. The van der Waals surface area contributed by atoms with Crippen LogP contribution in [0.15, 0.2) is 84.9 Å². The number of benzene rings is 3. The number of nitrogens with one attached hydrogen (secondary N) is 1. The number of hydrogen-bond donors (Lipinski definition) is 1. The van der Waals surface area contributed by atoms with Crippen LogP contribution in [-0.4, -0.2) is 34.6 Å². The Morgan fingerprint density at radius 1 is 0.892 bits per heavy atom. The van der Waals surface area contributed by atoms with Gasteiger partial charge < -0.3 is 10.2 Å². The molecule has 1 aliphatic rings. The van der Waals surface area contributed by atoms with Gasteiger partial charge in [-0.05, 0) is 42.0 Å². The standard InChI is InChI=1S/C32H38N2O2S/c1-25-12-8-9-17-28(25)23-34(31(35)20-21-37-24-27-15-6-3-7-16-27)30(22-26-13-4-2-5-14-26)32(36)33-29-18-10-11-19-29/h2-9,12-17,29-30H,10-11,18-24H2,1H3,(H,33,36). The zero-order valence-corrected chi connectivity index (χ0v) is 22.6. The van der Waals surface area contributed by atoms with Crippen molar-refractivity contribution >= 4 is 23.6 Å². The minimum atomic E-state index is -0.547. The van der Waals surface area contributed by atoms with Crippen molar-refractivity contribution in [3.63, 3.8) is 0 Å². The van der Waals surface area contributed by atoms with Gasteiger partial charge in [0.2, 0.25) is 11.8 Å². The maximum atomic E-state index is 13.8. The Kier molecular flexibility index (Phi) is 10.2. The highest BCUT2D eigenvalue weighted by molar-refractivity contribution is 7.98. The van der Waals surface area contributed by atoms with E-state index in [9.17, 15) is 9.59 Å². The summed E-state index contributed by atoms with van der Waals surface area (Å²) >= 11 is 1.76. The monoisotopic (exact) mass is 514 g/mol. The third-order valence-electron chi connectivity index (χ3n) is 7.15. The Hall–Kier alpha value is -3.05. The molecular formula is C32H38N2O2S. The molecule has 0 radical (unpaired) electrons. The van der Waals surface area contributed by atoms with E-state index in [1.54, 1.807) is 11.8 Å². The molecule has 4 rings (SSSR count). The van der Waals surface area contributed by atoms with Gasteiger partial charge in [0.15, 0.2) is 0 Å². The molecule has 1 saturated carbocycles. The van der Waals surface area contributed by atoms with Crippen molar-refractivity contribution in [3.05, 3.63) is 107 Å². The zero-order chi connectivity index (χ0) is 25.9. The molecule has 0 aliphatic heterocycles. The summed E-state index contributed by atoms with van der Waals surface area (Å²) in [5.41, 5.74) is 4.54. The van der Waals surface area contributed by atoms with Gasteiger partial charge in [0, 0.05) is 36.9 Å². The van der Waals surface area contributed by atoms with E-state index in [0.29, 0.717) is 19.4 Å². The molecule has 5 heteroatoms. The van der Waals surface area contributed by atoms with E-state index in [4.69, 9.17) is 0 Å². The van der Waals surface area contributed by atoms with Gasteiger partial charge in [-0.1, -0.05) is 97.8 Å². The van der Waals surface area contributed by atoms with Crippen LogP contribution in [0, 0.1) is 6.92 Å². The van der Waals surface area contributed by atoms with Crippen LogP contribution in [0.1, 0.15) is 54.4 Å². The van der Waals surface area contributed by atoms with Crippen LogP contribution in [-0.2, 0) is 28.3 Å². The van der Waals surface area contributed by atoms with E-state index in [1.807, 2.05) is 65.6 Å². The van der Waals surface area contributed by atoms with Crippen molar-refractivity contribution in [2.75, 3.05) is 5.75 Å². The zero-order valence-electron chi connectivity index (χ0n) is 21.8. The fourth-order valence-electron chi connectivity index (χ4n) is 4.96. The molecule has 1 fully saturated rings. The van der Waals surface area contributed by atoms with Crippen LogP contribution in [0.5, 0.6) is 0 Å². The number of nitrogens with zero attached hydrogens (tertiary/aromatic N) is 1. The molecular weight excluding hydrogens is 476 g/mol. The molecule has 1 N–H and O–H groups in total. The van der Waals surface area contributed by atoms with Crippen LogP contribution in [0.2, 0.25) is 0 Å². The lowest BCUT2D eigenvalue weighted by molar-refractivity contribution is -0.141. The molecule has 4 nitrogen and oxygen atoms in total. The Bertz CT molecular complexity index is 1130. The summed E-state index contributed by atoms with van der Waals surface area (Å²) in [6.45, 7) is 2.50. The van der Waals surface area contributed by atoms with Gasteiger partial charge in [-0.25, -0.2) is 0 Å². The highest BCUT2D eigenvalue weighted by Crippen LogP contribution is 2.22. The Labute approximate surface area is 225 Å². The van der Waals surface area contributed by atoms with Crippen molar-refractivity contribution in [2.24, 2.45) is 0 Å². The van der Waals surface area contributed by atoms with Crippen molar-refractivity contribution in [2.45, 2.75) is 69.8 Å². The molecule has 2 amide bonds. The van der Waals surface area contributed by atoms with E-state index in [1.165, 1.54) is 5.56 Å². The number of carbonyl (C=O) groups is 2. The van der Waals surface area contributed by atoms with E-state index < -0.39 is 6.04 Å². The first-order valence-electron chi connectivity index (χ1n) is 13.4. The van der Waals surface area contributed by atoms with Gasteiger partial charge in [-0.3, -0.25) is 9.59 Å². The molecule has 1 atom stereocenters. The molecule has 0 spiro atoms. The number of hydrogen-bond acceptors (Lipinski definition) is 3. The summed E-state index contributed by atoms with van der Waals surface area (Å²) in [4.78, 5) is 29.3. The first-order chi connectivity index (χ1) is 18.1. The highest BCUT2D eigenvalue weighted by atomic mass is 32.2. The van der Waals surface area contributed by atoms with E-state index in [-0.39, 0.29) is 17.9 Å². The molecule has 3 aromatic carbocycles. The Morgan fingerprint density at radius 2 is 1.51 bits per heavy atom. The normalized spacial score (nSPS) is 14.3. The molecule has 0 aromatic heterocycles. The number of carbonyl (C=O) groups excluding carboxylic acids is 2. The topological polar surface area (TPSA) is 49.4 Å². The number of rotatable bonds is 12. The first-order valence-corrected chi connectivity index (χ1v) is 14.6. The minimum Gasteiger partial charge on any atom is -0.352 e. The SMILES string of the molecule is Cc1ccccc1CN(C(=O)CCSCc1ccccc1)C(Cc1ccccc1)C(=O)NC1CCCC1. The van der Waals surface area contributed by atoms with E-state index >= 15 is 0 Å². The molecule has 1 unspecified atom stereocenters. The molecule has 194 valence electrons. The second kappa shape index (κ2) is 14.0. The van der Waals surface area contributed by atoms with Crippen LogP contribution in [0.3, 0.4) is 0 Å². The second-order valence-corrected chi connectivity index (χ2v) is 11.0. The van der Waals surface area contributed by atoms with Gasteiger partial charge in [-0.15, -0.1) is 0 Å². The van der Waals surface area contributed by atoms with Gasteiger partial charge in [0.1, 0.15) is 6.04 Å². The minimum absolute atomic E-state index is 0.0328. The summed E-state index contributed by atoms with van der Waals surface area (Å²) in [6, 6.07) is 28.2. The summed E-state index contributed by atoms with van der Waals surface area (Å²) in [5, 5.41) is 3.29. The van der Waals surface area contributed by atoms with Crippen molar-refractivity contribution in [1.29, 1.82) is 0 Å². The van der Waals surface area contributed by atoms with Crippen molar-refractivity contribution < 1.29 is 9.59 Å². The second-order valence-electron chi connectivity index (χ2n) is 9.93. The third-order valence-corrected chi connectivity index (χ3v) is 8.18. The predicted molar refractivity (Wildman–Crippen MR) is 153 cm³/mol. The molecule has 0 saturated heterocycles. The van der Waals surface area contributed by atoms with Crippen LogP contribution >= 0.6 is 11.8 Å². The lowest BCUT2D eigenvalue weighted by Crippen LogP contribution is -2.52. The van der Waals surface area contributed by atoms with Gasteiger partial charge in [0.25, 0.3) is 0 Å². The van der Waals surface area contributed by atoms with Gasteiger partial charge >= 0.3 is 0 Å². The first kappa shape index (κ1) is 27.0. The van der Waals surface area contributed by atoms with Crippen LogP contribution < -0.4 is 5.32 Å². The van der Waals surface area contributed by atoms with Crippen LogP contribution in [0.25, 0.3) is 0 Å². The molecule has 1 aliphatic carbocycles. The average Bonchev–Trinajstić information content (AvgIpc) is 3.43. The highest BCUT2D eigenvalue weighted by Gasteiger charge is 2.32. The third kappa shape index (κ3) is 8.22. The lowest BCUT2D eigenvalue weighted by Gasteiger charge is -2.33. The molecule has 0 bridgehead atoms. The van der Waals surface area contributed by atoms with E-state index in [2.05, 4.69) is 36.5 Å². The number of aryl methyl sites for hydroxylation is 1. The molecule has 37 heavy (non-hydrogen) atoms. The average molecular weight is 515 g/mol. The summed E-state index contributed by atoms with van der Waals surface area (Å²) in [7, 11) is 0. The smallest absolute Gasteiger partial charge is 0.243 e. The number of thioether (sulfide) groups is 1. The van der Waals surface area contributed by atoms with E-state index in [0.717, 1.165) is 53.9 Å². The molecule has 3 aromatic rings. The summed E-state index contributed by atoms with van der Waals surface area (Å²) in [5.74, 6) is 1.60. The predicted octanol–water partition coefficient (Wildman–Crippen LogP) is 6.32. The Balaban J connectivity index is 1.53. The number of amides is 2. The lowest BCUT2D eigenvalue weighted by atomic mass is 10.0. The maximum absolute atomic E-state index is 13.8. The van der Waals surface area contributed by atoms with Crippen molar-refractivity contribution in [3.8, 4) is 0 Å². The fourth-order valence-corrected chi connectivity index (χ4v) is 5.85. The largest absolute Gasteiger partial charge is 0.352 e. The fraction of sp³-hybridized carbons (Fsp3) is 0.375. The Morgan fingerprint density at radius 3 is 2.19 bits per heavy atom. The van der Waals surface area contributed by atoms with Crippen LogP contribution in [0.4, 0.5) is 0 Å². The van der Waals surface area contributed by atoms with Gasteiger partial charge in [-0.2, -0.15) is 11.8 Å². The van der Waals surface area contributed by atoms with Crippen molar-refractivity contribution in [1.82, 2.24) is 10.2 Å².